The van der Waals surface area contributed by atoms with Crippen molar-refractivity contribution in [1.82, 2.24) is 4.98 Å². The fourth-order valence-electron chi connectivity index (χ4n) is 1.69. The van der Waals surface area contributed by atoms with Gasteiger partial charge in [0.15, 0.2) is 0 Å². The lowest BCUT2D eigenvalue weighted by Crippen LogP contribution is -2.00. The molecule has 0 radical (unpaired) electrons. The van der Waals surface area contributed by atoms with Gasteiger partial charge < -0.3 is 9.84 Å². The minimum atomic E-state index is -0.943. The Hall–Kier alpha value is -1.88. The molecule has 0 saturated carbocycles. The monoisotopic (exact) mass is 321 g/mol. The van der Waals surface area contributed by atoms with Gasteiger partial charge in [0.25, 0.3) is 0 Å². The molecule has 0 fully saturated rings. The molecule has 0 bridgehead atoms. The first-order valence-electron chi connectivity index (χ1n) is 5.61. The van der Waals surface area contributed by atoms with Gasteiger partial charge in [-0.05, 0) is 59.6 Å². The third-order valence-electron chi connectivity index (χ3n) is 2.64. The number of benzene rings is 1. The van der Waals surface area contributed by atoms with Crippen molar-refractivity contribution in [3.8, 4) is 11.6 Å². The van der Waals surface area contributed by atoms with Crippen molar-refractivity contribution in [2.45, 2.75) is 13.8 Å². The molecule has 1 N–H and O–H groups in total. The molecular formula is C14H12BrNO3. The first-order chi connectivity index (χ1) is 8.97. The van der Waals surface area contributed by atoms with Crippen LogP contribution in [0.15, 0.2) is 34.9 Å². The van der Waals surface area contributed by atoms with Crippen LogP contribution >= 0.6 is 15.9 Å². The highest BCUT2D eigenvalue weighted by atomic mass is 79.9. The Morgan fingerprint density at radius 1 is 1.26 bits per heavy atom. The summed E-state index contributed by atoms with van der Waals surface area (Å²) in [6, 6.07) is 6.74. The Kier molecular flexibility index (Phi) is 3.85. The number of rotatable bonds is 3. The molecule has 4 nitrogen and oxygen atoms in total. The van der Waals surface area contributed by atoms with Gasteiger partial charge in [0.1, 0.15) is 5.75 Å². The predicted molar refractivity (Wildman–Crippen MR) is 74.9 cm³/mol. The van der Waals surface area contributed by atoms with E-state index in [-0.39, 0.29) is 5.56 Å². The SMILES string of the molecule is Cc1cc(Oc2ncc(Br)cc2C)ccc1C(=O)O. The minimum Gasteiger partial charge on any atom is -0.478 e. The van der Waals surface area contributed by atoms with Gasteiger partial charge in [0.05, 0.1) is 5.56 Å². The maximum atomic E-state index is 10.9. The van der Waals surface area contributed by atoms with Crippen LogP contribution < -0.4 is 4.74 Å². The molecule has 19 heavy (non-hydrogen) atoms. The number of pyridine rings is 1. The fraction of sp³-hybridized carbons (Fsp3) is 0.143. The molecule has 0 atom stereocenters. The van der Waals surface area contributed by atoms with Gasteiger partial charge in [-0.1, -0.05) is 0 Å². The van der Waals surface area contributed by atoms with Gasteiger partial charge in [-0.25, -0.2) is 9.78 Å². The number of carboxylic acids is 1. The Bertz CT molecular complexity index is 641. The van der Waals surface area contributed by atoms with Crippen molar-refractivity contribution < 1.29 is 14.6 Å². The van der Waals surface area contributed by atoms with E-state index in [4.69, 9.17) is 9.84 Å². The number of hydrogen-bond donors (Lipinski definition) is 1. The number of ether oxygens (including phenoxy) is 1. The van der Waals surface area contributed by atoms with Crippen molar-refractivity contribution in [2.24, 2.45) is 0 Å². The molecule has 0 aliphatic rings. The lowest BCUT2D eigenvalue weighted by molar-refractivity contribution is 0.0696. The molecule has 1 aromatic heterocycles. The Labute approximate surface area is 119 Å². The number of nitrogens with zero attached hydrogens (tertiary/aromatic N) is 1. The van der Waals surface area contributed by atoms with Crippen LogP contribution in [0.25, 0.3) is 0 Å². The fourth-order valence-corrected chi connectivity index (χ4v) is 2.13. The van der Waals surface area contributed by atoms with Crippen LogP contribution in [0.2, 0.25) is 0 Å². The highest BCUT2D eigenvalue weighted by Crippen LogP contribution is 2.26. The molecule has 0 spiro atoms. The van der Waals surface area contributed by atoms with E-state index >= 15 is 0 Å². The third-order valence-corrected chi connectivity index (χ3v) is 3.07. The van der Waals surface area contributed by atoms with E-state index in [2.05, 4.69) is 20.9 Å². The van der Waals surface area contributed by atoms with Crippen LogP contribution in [0.5, 0.6) is 11.6 Å². The van der Waals surface area contributed by atoms with Gasteiger partial charge in [0.2, 0.25) is 5.88 Å². The van der Waals surface area contributed by atoms with Crippen molar-refractivity contribution in [3.63, 3.8) is 0 Å². The Balaban J connectivity index is 2.29. The van der Waals surface area contributed by atoms with Crippen LogP contribution in [0, 0.1) is 13.8 Å². The molecule has 0 aliphatic heterocycles. The summed E-state index contributed by atoms with van der Waals surface area (Å²) >= 11 is 3.34. The van der Waals surface area contributed by atoms with E-state index in [1.165, 1.54) is 6.07 Å². The lowest BCUT2D eigenvalue weighted by Gasteiger charge is -2.09. The van der Waals surface area contributed by atoms with E-state index in [1.54, 1.807) is 25.3 Å². The smallest absolute Gasteiger partial charge is 0.335 e. The van der Waals surface area contributed by atoms with E-state index < -0.39 is 5.97 Å². The Morgan fingerprint density at radius 3 is 2.58 bits per heavy atom. The van der Waals surface area contributed by atoms with E-state index in [0.717, 1.165) is 10.0 Å². The molecule has 0 aliphatic carbocycles. The molecule has 5 heteroatoms. The minimum absolute atomic E-state index is 0.271. The van der Waals surface area contributed by atoms with Crippen LogP contribution in [-0.4, -0.2) is 16.1 Å². The zero-order valence-corrected chi connectivity index (χ0v) is 12.1. The second kappa shape index (κ2) is 5.40. The van der Waals surface area contributed by atoms with Gasteiger partial charge in [-0.3, -0.25) is 0 Å². The van der Waals surface area contributed by atoms with Gasteiger partial charge in [-0.2, -0.15) is 0 Å². The van der Waals surface area contributed by atoms with Crippen LogP contribution in [0.3, 0.4) is 0 Å². The summed E-state index contributed by atoms with van der Waals surface area (Å²) in [6.07, 6.45) is 1.65. The summed E-state index contributed by atoms with van der Waals surface area (Å²) in [5, 5.41) is 8.96. The standard InChI is InChI=1S/C14H12BrNO3/c1-8-6-11(3-4-12(8)14(17)18)19-13-9(2)5-10(15)7-16-13/h3-7H,1-2H3,(H,17,18). The quantitative estimate of drug-likeness (QED) is 0.929. The normalized spacial score (nSPS) is 10.3. The number of carbonyl (C=O) groups is 1. The molecule has 1 heterocycles. The van der Waals surface area contributed by atoms with E-state index in [0.29, 0.717) is 17.2 Å². The molecule has 1 aromatic carbocycles. The molecule has 0 amide bonds. The van der Waals surface area contributed by atoms with E-state index in [1.807, 2.05) is 13.0 Å². The number of carboxylic acid groups (broad SMARTS) is 1. The van der Waals surface area contributed by atoms with Crippen molar-refractivity contribution in [1.29, 1.82) is 0 Å². The lowest BCUT2D eigenvalue weighted by atomic mass is 10.1. The van der Waals surface area contributed by atoms with Gasteiger partial charge >= 0.3 is 5.97 Å². The number of hydrogen-bond acceptors (Lipinski definition) is 3. The third kappa shape index (κ3) is 3.12. The van der Waals surface area contributed by atoms with E-state index in [9.17, 15) is 4.79 Å². The summed E-state index contributed by atoms with van der Waals surface area (Å²) in [4.78, 5) is 15.1. The molecular weight excluding hydrogens is 310 g/mol. The number of aromatic carboxylic acids is 1. The van der Waals surface area contributed by atoms with Gasteiger partial charge in [0, 0.05) is 16.2 Å². The second-order valence-corrected chi connectivity index (χ2v) is 5.08. The maximum Gasteiger partial charge on any atom is 0.335 e. The number of aryl methyl sites for hydroxylation is 2. The average molecular weight is 322 g/mol. The van der Waals surface area contributed by atoms with Crippen LogP contribution in [0.1, 0.15) is 21.5 Å². The van der Waals surface area contributed by atoms with Crippen LogP contribution in [-0.2, 0) is 0 Å². The maximum absolute atomic E-state index is 10.9. The highest BCUT2D eigenvalue weighted by Gasteiger charge is 2.09. The Morgan fingerprint density at radius 2 is 2.00 bits per heavy atom. The number of aromatic nitrogens is 1. The summed E-state index contributed by atoms with van der Waals surface area (Å²) in [5.74, 6) is 0.132. The summed E-state index contributed by atoms with van der Waals surface area (Å²) < 4.78 is 6.54. The van der Waals surface area contributed by atoms with Crippen molar-refractivity contribution in [3.05, 3.63) is 51.6 Å². The second-order valence-electron chi connectivity index (χ2n) is 4.16. The largest absolute Gasteiger partial charge is 0.478 e. The summed E-state index contributed by atoms with van der Waals surface area (Å²) in [7, 11) is 0. The van der Waals surface area contributed by atoms with Crippen molar-refractivity contribution in [2.75, 3.05) is 0 Å². The topological polar surface area (TPSA) is 59.4 Å². The molecule has 2 rings (SSSR count). The first-order valence-corrected chi connectivity index (χ1v) is 6.40. The first kappa shape index (κ1) is 13.5. The average Bonchev–Trinajstić information content (AvgIpc) is 2.32. The van der Waals surface area contributed by atoms with Crippen LogP contribution in [0.4, 0.5) is 0 Å². The highest BCUT2D eigenvalue weighted by molar-refractivity contribution is 9.10. The van der Waals surface area contributed by atoms with Gasteiger partial charge in [-0.15, -0.1) is 0 Å². The molecule has 0 unspecified atom stereocenters. The zero-order valence-electron chi connectivity index (χ0n) is 10.5. The summed E-state index contributed by atoms with van der Waals surface area (Å²) in [6.45, 7) is 3.63. The zero-order chi connectivity index (χ0) is 14.0. The summed E-state index contributed by atoms with van der Waals surface area (Å²) in [5.41, 5.74) is 1.82. The molecule has 2 aromatic rings. The molecule has 98 valence electrons. The predicted octanol–water partition coefficient (Wildman–Crippen LogP) is 3.95. The van der Waals surface area contributed by atoms with Crippen molar-refractivity contribution >= 4 is 21.9 Å². The number of halogens is 1. The molecule has 0 saturated heterocycles.